The number of aryl methyl sites for hydroxylation is 1. The molecule has 0 aromatic carbocycles. The normalized spacial score (nSPS) is 13.7. The van der Waals surface area contributed by atoms with Crippen molar-refractivity contribution in [2.75, 3.05) is 25.6 Å². The first-order chi connectivity index (χ1) is 8.34. The SMILES string of the molecule is COCCNc1nc(C)cn1CC(C)C(C)(C)C. The molecule has 0 saturated heterocycles. The van der Waals surface area contributed by atoms with Gasteiger partial charge in [-0.2, -0.15) is 0 Å². The third-order valence-corrected chi connectivity index (χ3v) is 3.44. The predicted molar refractivity (Wildman–Crippen MR) is 75.9 cm³/mol. The highest BCUT2D eigenvalue weighted by atomic mass is 16.5. The van der Waals surface area contributed by atoms with E-state index in [9.17, 15) is 0 Å². The number of ether oxygens (including phenoxy) is 1. The summed E-state index contributed by atoms with van der Waals surface area (Å²) in [5.74, 6) is 1.54. The van der Waals surface area contributed by atoms with Gasteiger partial charge in [-0.1, -0.05) is 27.7 Å². The highest BCUT2D eigenvalue weighted by molar-refractivity contribution is 5.28. The highest BCUT2D eigenvalue weighted by Crippen LogP contribution is 2.27. The molecule has 0 bridgehead atoms. The molecule has 1 aromatic heterocycles. The number of nitrogens with one attached hydrogen (secondary N) is 1. The molecule has 0 saturated carbocycles. The molecule has 104 valence electrons. The lowest BCUT2D eigenvalue weighted by Crippen LogP contribution is -2.23. The number of rotatable bonds is 6. The van der Waals surface area contributed by atoms with E-state index in [2.05, 4.69) is 48.8 Å². The van der Waals surface area contributed by atoms with Crippen molar-refractivity contribution < 1.29 is 4.74 Å². The monoisotopic (exact) mass is 253 g/mol. The van der Waals surface area contributed by atoms with Gasteiger partial charge in [0.2, 0.25) is 5.95 Å². The van der Waals surface area contributed by atoms with E-state index in [1.807, 2.05) is 6.92 Å². The lowest BCUT2D eigenvalue weighted by atomic mass is 9.82. The van der Waals surface area contributed by atoms with Crippen LogP contribution in [0.25, 0.3) is 0 Å². The Hall–Kier alpha value is -1.03. The quantitative estimate of drug-likeness (QED) is 0.792. The predicted octanol–water partition coefficient (Wildman–Crippen LogP) is 2.93. The Labute approximate surface area is 111 Å². The van der Waals surface area contributed by atoms with Gasteiger partial charge in [0.05, 0.1) is 12.3 Å². The average molecular weight is 253 g/mol. The van der Waals surface area contributed by atoms with Crippen LogP contribution in [0.3, 0.4) is 0 Å². The van der Waals surface area contributed by atoms with E-state index in [4.69, 9.17) is 4.74 Å². The maximum Gasteiger partial charge on any atom is 0.203 e. The molecule has 0 aliphatic rings. The first-order valence-electron chi connectivity index (χ1n) is 6.61. The zero-order valence-electron chi connectivity index (χ0n) is 12.6. The minimum absolute atomic E-state index is 0.308. The summed E-state index contributed by atoms with van der Waals surface area (Å²) in [4.78, 5) is 4.51. The van der Waals surface area contributed by atoms with Gasteiger partial charge in [0.25, 0.3) is 0 Å². The van der Waals surface area contributed by atoms with Gasteiger partial charge in [0.15, 0.2) is 0 Å². The summed E-state index contributed by atoms with van der Waals surface area (Å²) < 4.78 is 7.26. The molecule has 1 aromatic rings. The molecule has 0 radical (unpaired) electrons. The minimum atomic E-state index is 0.308. The van der Waals surface area contributed by atoms with Crippen LogP contribution < -0.4 is 5.32 Å². The Morgan fingerprint density at radius 2 is 2.11 bits per heavy atom. The van der Waals surface area contributed by atoms with Crippen LogP contribution in [0.5, 0.6) is 0 Å². The summed E-state index contributed by atoms with van der Waals surface area (Å²) >= 11 is 0. The second-order valence-electron chi connectivity index (χ2n) is 6.04. The van der Waals surface area contributed by atoms with Crippen molar-refractivity contribution in [3.63, 3.8) is 0 Å². The standard InChI is InChI=1S/C14H27N3O/c1-11(14(3,4)5)9-17-10-12(2)16-13(17)15-7-8-18-6/h10-11H,7-9H2,1-6H3,(H,15,16). The number of aromatic nitrogens is 2. The van der Waals surface area contributed by atoms with Crippen molar-refractivity contribution in [2.45, 2.75) is 41.2 Å². The van der Waals surface area contributed by atoms with Crippen LogP contribution in [0.1, 0.15) is 33.4 Å². The summed E-state index contributed by atoms with van der Waals surface area (Å²) in [5, 5.41) is 3.32. The van der Waals surface area contributed by atoms with Crippen molar-refractivity contribution >= 4 is 5.95 Å². The van der Waals surface area contributed by atoms with E-state index in [-0.39, 0.29) is 0 Å². The largest absolute Gasteiger partial charge is 0.383 e. The third kappa shape index (κ3) is 4.33. The molecule has 1 atom stereocenters. The van der Waals surface area contributed by atoms with E-state index >= 15 is 0 Å². The third-order valence-electron chi connectivity index (χ3n) is 3.44. The fourth-order valence-electron chi connectivity index (χ4n) is 1.66. The number of imidazole rings is 1. The fourth-order valence-corrected chi connectivity index (χ4v) is 1.66. The van der Waals surface area contributed by atoms with Crippen LogP contribution in [0.15, 0.2) is 6.20 Å². The number of methoxy groups -OCH3 is 1. The lowest BCUT2D eigenvalue weighted by Gasteiger charge is -2.28. The molecule has 1 rings (SSSR count). The highest BCUT2D eigenvalue weighted by Gasteiger charge is 2.21. The van der Waals surface area contributed by atoms with Crippen LogP contribution in [0, 0.1) is 18.3 Å². The van der Waals surface area contributed by atoms with E-state index in [0.717, 1.165) is 24.7 Å². The minimum Gasteiger partial charge on any atom is -0.383 e. The van der Waals surface area contributed by atoms with E-state index in [1.165, 1.54) is 0 Å². The van der Waals surface area contributed by atoms with Gasteiger partial charge < -0.3 is 14.6 Å². The molecular weight excluding hydrogens is 226 g/mol. The van der Waals surface area contributed by atoms with Crippen LogP contribution in [0.4, 0.5) is 5.95 Å². The number of hydrogen-bond donors (Lipinski definition) is 1. The average Bonchev–Trinajstić information content (AvgIpc) is 2.58. The van der Waals surface area contributed by atoms with Crippen LogP contribution >= 0.6 is 0 Å². The summed E-state index contributed by atoms with van der Waals surface area (Å²) in [6.45, 7) is 13.6. The van der Waals surface area contributed by atoms with Gasteiger partial charge in [0, 0.05) is 26.4 Å². The summed E-state index contributed by atoms with van der Waals surface area (Å²) in [7, 11) is 1.71. The van der Waals surface area contributed by atoms with Gasteiger partial charge >= 0.3 is 0 Å². The molecular formula is C14H27N3O. The van der Waals surface area contributed by atoms with Gasteiger partial charge in [-0.05, 0) is 18.3 Å². The Morgan fingerprint density at radius 1 is 1.44 bits per heavy atom. The number of hydrogen-bond acceptors (Lipinski definition) is 3. The molecule has 18 heavy (non-hydrogen) atoms. The van der Waals surface area contributed by atoms with Gasteiger partial charge in [0.1, 0.15) is 0 Å². The van der Waals surface area contributed by atoms with E-state index in [1.54, 1.807) is 7.11 Å². The molecule has 1 unspecified atom stereocenters. The molecule has 4 heteroatoms. The molecule has 0 fully saturated rings. The first kappa shape index (κ1) is 15.0. The van der Waals surface area contributed by atoms with Gasteiger partial charge in [-0.3, -0.25) is 0 Å². The van der Waals surface area contributed by atoms with Gasteiger partial charge in [-0.15, -0.1) is 0 Å². The topological polar surface area (TPSA) is 39.1 Å². The zero-order valence-corrected chi connectivity index (χ0v) is 12.6. The molecule has 1 N–H and O–H groups in total. The van der Waals surface area contributed by atoms with E-state index < -0.39 is 0 Å². The Bertz CT molecular complexity index is 366. The van der Waals surface area contributed by atoms with Crippen molar-refractivity contribution in [1.82, 2.24) is 9.55 Å². The molecule has 4 nitrogen and oxygen atoms in total. The van der Waals surface area contributed by atoms with Crippen molar-refractivity contribution in [1.29, 1.82) is 0 Å². The van der Waals surface area contributed by atoms with Crippen molar-refractivity contribution in [3.05, 3.63) is 11.9 Å². The maximum absolute atomic E-state index is 5.05. The van der Waals surface area contributed by atoms with Crippen molar-refractivity contribution in [2.24, 2.45) is 11.3 Å². The molecule has 0 aliphatic carbocycles. The lowest BCUT2D eigenvalue weighted by molar-refractivity contribution is 0.210. The smallest absolute Gasteiger partial charge is 0.203 e. The van der Waals surface area contributed by atoms with Gasteiger partial charge in [-0.25, -0.2) is 4.98 Å². The molecule has 0 amide bonds. The summed E-state index contributed by atoms with van der Waals surface area (Å²) in [6, 6.07) is 0. The molecule has 0 aliphatic heterocycles. The maximum atomic E-state index is 5.05. The van der Waals surface area contributed by atoms with Crippen LogP contribution in [-0.2, 0) is 11.3 Å². The number of nitrogens with zero attached hydrogens (tertiary/aromatic N) is 2. The second kappa shape index (κ2) is 6.23. The fraction of sp³-hybridized carbons (Fsp3) is 0.786. The van der Waals surface area contributed by atoms with Crippen LogP contribution in [0.2, 0.25) is 0 Å². The summed E-state index contributed by atoms with van der Waals surface area (Å²) in [6.07, 6.45) is 2.11. The Balaban J connectivity index is 2.69. The van der Waals surface area contributed by atoms with Crippen LogP contribution in [-0.4, -0.2) is 29.8 Å². The van der Waals surface area contributed by atoms with Crippen molar-refractivity contribution in [3.8, 4) is 0 Å². The molecule has 1 heterocycles. The van der Waals surface area contributed by atoms with E-state index in [0.29, 0.717) is 17.9 Å². The summed E-state index contributed by atoms with van der Waals surface area (Å²) in [5.41, 5.74) is 1.36. The molecule has 0 spiro atoms. The Morgan fingerprint density at radius 3 is 2.67 bits per heavy atom. The number of anilines is 1. The second-order valence-corrected chi connectivity index (χ2v) is 6.04. The first-order valence-corrected chi connectivity index (χ1v) is 6.61. The Kier molecular flexibility index (Phi) is 5.20. The zero-order chi connectivity index (χ0) is 13.8.